The highest BCUT2D eigenvalue weighted by Gasteiger charge is 2.25. The largest absolute Gasteiger partial charge is 0.494 e. The van der Waals surface area contributed by atoms with Crippen molar-refractivity contribution in [1.82, 2.24) is 30.7 Å². The Morgan fingerprint density at radius 3 is 2.78 bits per heavy atom. The third kappa shape index (κ3) is 4.31. The van der Waals surface area contributed by atoms with Crippen molar-refractivity contribution in [3.05, 3.63) is 65.4 Å². The second-order valence-electron chi connectivity index (χ2n) is 6.74. The van der Waals surface area contributed by atoms with Crippen LogP contribution in [0.25, 0.3) is 17.1 Å². The van der Waals surface area contributed by atoms with E-state index in [0.29, 0.717) is 23.6 Å². The van der Waals surface area contributed by atoms with Crippen LogP contribution in [0.5, 0.6) is 5.75 Å². The van der Waals surface area contributed by atoms with Gasteiger partial charge in [0, 0.05) is 5.56 Å². The number of ether oxygens (including phenoxy) is 1. The van der Waals surface area contributed by atoms with Gasteiger partial charge in [-0.15, -0.1) is 5.10 Å². The van der Waals surface area contributed by atoms with Crippen LogP contribution in [0.15, 0.2) is 58.3 Å². The van der Waals surface area contributed by atoms with Crippen LogP contribution in [0.3, 0.4) is 0 Å². The van der Waals surface area contributed by atoms with Crippen molar-refractivity contribution in [2.24, 2.45) is 5.10 Å². The minimum Gasteiger partial charge on any atom is -0.494 e. The zero-order valence-corrected chi connectivity index (χ0v) is 17.4. The molecule has 0 spiro atoms. The molecule has 2 heterocycles. The Hall–Kier alpha value is -4.54. The van der Waals surface area contributed by atoms with Gasteiger partial charge in [-0.05, 0) is 41.9 Å². The molecular formula is C21H20N8O3. The first-order valence-corrected chi connectivity index (χ1v) is 9.74. The predicted molar refractivity (Wildman–Crippen MR) is 116 cm³/mol. The molecule has 4 rings (SSSR count). The number of anilines is 1. The summed E-state index contributed by atoms with van der Waals surface area (Å²) in [6.07, 6.45) is 1.54. The molecule has 0 aliphatic heterocycles. The van der Waals surface area contributed by atoms with E-state index in [1.54, 1.807) is 24.3 Å². The molecule has 0 bridgehead atoms. The van der Waals surface area contributed by atoms with Crippen molar-refractivity contribution in [3.63, 3.8) is 0 Å². The average Bonchev–Trinajstić information content (AvgIpc) is 3.41. The number of rotatable bonds is 7. The number of benzene rings is 2. The van der Waals surface area contributed by atoms with Gasteiger partial charge in [0.05, 0.1) is 12.8 Å². The lowest BCUT2D eigenvalue weighted by molar-refractivity contribution is 0.0950. The zero-order chi connectivity index (χ0) is 22.5. The van der Waals surface area contributed by atoms with Crippen LogP contribution in [0.4, 0.5) is 5.82 Å². The SMILES string of the molecule is CCOc1cccc(-c2c(C(=O)N/N=C\c3ccc(C)cc3)nnn2-c2nonc2N)c1. The van der Waals surface area contributed by atoms with E-state index in [1.165, 1.54) is 10.9 Å². The normalized spacial score (nSPS) is 11.1. The van der Waals surface area contributed by atoms with E-state index in [4.69, 9.17) is 10.5 Å². The van der Waals surface area contributed by atoms with E-state index in [-0.39, 0.29) is 17.3 Å². The second-order valence-corrected chi connectivity index (χ2v) is 6.74. The number of hydrazone groups is 1. The molecule has 0 radical (unpaired) electrons. The topological polar surface area (TPSA) is 146 Å². The summed E-state index contributed by atoms with van der Waals surface area (Å²) in [5.74, 6) is 0.164. The first-order valence-electron chi connectivity index (χ1n) is 9.74. The molecule has 0 fully saturated rings. The number of nitrogens with two attached hydrogens (primary N) is 1. The number of aryl methyl sites for hydroxylation is 1. The Balaban J connectivity index is 1.69. The van der Waals surface area contributed by atoms with E-state index >= 15 is 0 Å². The number of carbonyl (C=O) groups excluding carboxylic acids is 1. The highest BCUT2D eigenvalue weighted by Crippen LogP contribution is 2.29. The van der Waals surface area contributed by atoms with Gasteiger partial charge in [-0.3, -0.25) is 4.79 Å². The van der Waals surface area contributed by atoms with Gasteiger partial charge in [-0.25, -0.2) is 10.1 Å². The highest BCUT2D eigenvalue weighted by molar-refractivity contribution is 5.98. The molecule has 4 aromatic rings. The summed E-state index contributed by atoms with van der Waals surface area (Å²) in [5, 5.41) is 19.4. The molecule has 2 aromatic heterocycles. The van der Waals surface area contributed by atoms with Gasteiger partial charge in [0.2, 0.25) is 11.6 Å². The molecule has 0 atom stereocenters. The van der Waals surface area contributed by atoms with Crippen LogP contribution in [-0.2, 0) is 0 Å². The summed E-state index contributed by atoms with van der Waals surface area (Å²) in [7, 11) is 0. The fourth-order valence-corrected chi connectivity index (χ4v) is 2.95. The van der Waals surface area contributed by atoms with Gasteiger partial charge < -0.3 is 10.5 Å². The molecule has 0 aliphatic rings. The number of hydrogen-bond acceptors (Lipinski definition) is 9. The van der Waals surface area contributed by atoms with Crippen molar-refractivity contribution < 1.29 is 14.2 Å². The van der Waals surface area contributed by atoms with Crippen molar-refractivity contribution in [2.75, 3.05) is 12.3 Å². The minimum atomic E-state index is -0.563. The lowest BCUT2D eigenvalue weighted by Crippen LogP contribution is -2.19. The van der Waals surface area contributed by atoms with Gasteiger partial charge in [0.15, 0.2) is 5.69 Å². The Labute approximate surface area is 182 Å². The van der Waals surface area contributed by atoms with Crippen molar-refractivity contribution >= 4 is 17.9 Å². The number of carbonyl (C=O) groups is 1. The van der Waals surface area contributed by atoms with Crippen LogP contribution in [-0.4, -0.2) is 44.0 Å². The van der Waals surface area contributed by atoms with E-state index in [1.807, 2.05) is 38.1 Å². The molecular weight excluding hydrogens is 412 g/mol. The van der Waals surface area contributed by atoms with Gasteiger partial charge in [0.1, 0.15) is 11.4 Å². The smallest absolute Gasteiger partial charge is 0.294 e. The molecule has 0 saturated heterocycles. The van der Waals surface area contributed by atoms with Gasteiger partial charge in [-0.1, -0.05) is 47.2 Å². The number of nitrogen functional groups attached to an aromatic ring is 1. The third-order valence-electron chi connectivity index (χ3n) is 4.46. The molecule has 0 saturated carbocycles. The standard InChI is InChI=1S/C21H20N8O3/c1-3-31-16-6-4-5-15(11-16)18-17(24-28-29(18)20-19(22)26-32-27-20)21(30)25-23-12-14-9-7-13(2)8-10-14/h4-12H,3H2,1-2H3,(H2,22,26)(H,25,30)/b23-12-. The zero-order valence-electron chi connectivity index (χ0n) is 17.4. The number of nitrogens with one attached hydrogen (secondary N) is 1. The van der Waals surface area contributed by atoms with Gasteiger partial charge in [0.25, 0.3) is 5.91 Å². The van der Waals surface area contributed by atoms with Crippen LogP contribution < -0.4 is 15.9 Å². The third-order valence-corrected chi connectivity index (χ3v) is 4.46. The summed E-state index contributed by atoms with van der Waals surface area (Å²) in [5.41, 5.74) is 11.2. The second kappa shape index (κ2) is 9.08. The van der Waals surface area contributed by atoms with Crippen molar-refractivity contribution in [3.8, 4) is 22.8 Å². The maximum Gasteiger partial charge on any atom is 0.294 e. The molecule has 0 aliphatic carbocycles. The summed E-state index contributed by atoms with van der Waals surface area (Å²) < 4.78 is 11.5. The molecule has 11 heteroatoms. The Bertz CT molecular complexity index is 1260. The molecule has 2 aromatic carbocycles. The maximum atomic E-state index is 12.9. The number of amides is 1. The summed E-state index contributed by atoms with van der Waals surface area (Å²) in [6, 6.07) is 14.8. The summed E-state index contributed by atoms with van der Waals surface area (Å²) in [4.78, 5) is 12.9. The number of nitrogens with zero attached hydrogens (tertiary/aromatic N) is 6. The van der Waals surface area contributed by atoms with Gasteiger partial charge in [-0.2, -0.15) is 9.78 Å². The molecule has 3 N–H and O–H groups in total. The van der Waals surface area contributed by atoms with Crippen LogP contribution in [0.1, 0.15) is 28.5 Å². The molecule has 11 nitrogen and oxygen atoms in total. The predicted octanol–water partition coefficient (Wildman–Crippen LogP) is 2.37. The molecule has 32 heavy (non-hydrogen) atoms. The summed E-state index contributed by atoms with van der Waals surface area (Å²) in [6.45, 7) is 4.36. The van der Waals surface area contributed by atoms with Crippen LogP contribution in [0, 0.1) is 6.92 Å². The van der Waals surface area contributed by atoms with E-state index < -0.39 is 5.91 Å². The van der Waals surface area contributed by atoms with Gasteiger partial charge >= 0.3 is 0 Å². The minimum absolute atomic E-state index is 0.00135. The molecule has 1 amide bonds. The molecule has 162 valence electrons. The number of hydrogen-bond donors (Lipinski definition) is 2. The lowest BCUT2D eigenvalue weighted by atomic mass is 10.1. The van der Waals surface area contributed by atoms with Crippen LogP contribution in [0.2, 0.25) is 0 Å². The van der Waals surface area contributed by atoms with E-state index in [0.717, 1.165) is 11.1 Å². The highest BCUT2D eigenvalue weighted by atomic mass is 16.6. The monoisotopic (exact) mass is 432 g/mol. The van der Waals surface area contributed by atoms with Crippen molar-refractivity contribution in [1.29, 1.82) is 0 Å². The van der Waals surface area contributed by atoms with Crippen molar-refractivity contribution in [2.45, 2.75) is 13.8 Å². The molecule has 0 unspecified atom stereocenters. The first-order chi connectivity index (χ1) is 15.6. The fourth-order valence-electron chi connectivity index (χ4n) is 2.95. The first kappa shape index (κ1) is 20.7. The Morgan fingerprint density at radius 1 is 1.25 bits per heavy atom. The Kier molecular flexibility index (Phi) is 5.88. The quantitative estimate of drug-likeness (QED) is 0.334. The maximum absolute atomic E-state index is 12.9. The Morgan fingerprint density at radius 2 is 2.06 bits per heavy atom. The summed E-state index contributed by atoms with van der Waals surface area (Å²) >= 11 is 0. The van der Waals surface area contributed by atoms with Crippen LogP contribution >= 0.6 is 0 Å². The average molecular weight is 432 g/mol. The fraction of sp³-hybridized carbons (Fsp3) is 0.143. The van der Waals surface area contributed by atoms with E-state index in [2.05, 4.69) is 35.8 Å². The number of aromatic nitrogens is 5. The van der Waals surface area contributed by atoms with E-state index in [9.17, 15) is 4.79 Å². The lowest BCUT2D eigenvalue weighted by Gasteiger charge is -2.08.